The minimum Gasteiger partial charge on any atom is -0.488 e. The summed E-state index contributed by atoms with van der Waals surface area (Å²) >= 11 is 0. The van der Waals surface area contributed by atoms with Gasteiger partial charge in [-0.2, -0.15) is 0 Å². The van der Waals surface area contributed by atoms with E-state index in [4.69, 9.17) is 19.4 Å². The molecule has 2 aromatic heterocycles. The van der Waals surface area contributed by atoms with Gasteiger partial charge in [0, 0.05) is 34.5 Å². The third kappa shape index (κ3) is 5.05. The number of nitrogens with zero attached hydrogens (tertiary/aromatic N) is 3. The number of hydrogen-bond acceptors (Lipinski definition) is 6. The molecule has 0 bridgehead atoms. The summed E-state index contributed by atoms with van der Waals surface area (Å²) in [4.78, 5) is 32.7. The first-order valence-corrected chi connectivity index (χ1v) is 17.7. The number of hydrogen-bond donors (Lipinski definition) is 3. The van der Waals surface area contributed by atoms with Crippen molar-refractivity contribution in [1.29, 1.82) is 0 Å². The molecule has 2 saturated heterocycles. The smallest absolute Gasteiger partial charge is 0.411 e. The zero-order valence-corrected chi connectivity index (χ0v) is 28.4. The van der Waals surface area contributed by atoms with Crippen molar-refractivity contribution in [3.8, 4) is 28.1 Å². The molecule has 248 valence electrons. The van der Waals surface area contributed by atoms with E-state index in [0.717, 1.165) is 94.0 Å². The maximum absolute atomic E-state index is 13.3. The predicted octanol–water partition coefficient (Wildman–Crippen LogP) is 8.82. The molecule has 1 aliphatic carbocycles. The molecule has 4 atom stereocenters. The van der Waals surface area contributed by atoms with Crippen molar-refractivity contribution in [2.24, 2.45) is 0 Å². The van der Waals surface area contributed by atoms with Gasteiger partial charge in [0.05, 0.1) is 34.5 Å². The number of aromatic nitrogens is 4. The Bertz CT molecular complexity index is 2080. The SMILES string of the molecule is C[C@H]1CC[C@@H](c2nc3ccc4cc5c(cc4c3[nH]2)OCc2cc(-c3[nH]c([C@@H]4CC[C@H](C)N4C(=O)OC(C)(C)C)nc3C3CC3)ccc2-5)N1. The van der Waals surface area contributed by atoms with Crippen molar-refractivity contribution in [1.82, 2.24) is 30.2 Å². The van der Waals surface area contributed by atoms with Gasteiger partial charge in [0.1, 0.15) is 29.6 Å². The second-order valence-electron chi connectivity index (χ2n) is 15.5. The minimum absolute atomic E-state index is 0.0966. The lowest BCUT2D eigenvalue weighted by Gasteiger charge is -2.30. The number of likely N-dealkylation sites (tertiary alicyclic amines) is 1. The van der Waals surface area contributed by atoms with Crippen molar-refractivity contribution >= 4 is 27.9 Å². The van der Waals surface area contributed by atoms with E-state index in [1.54, 1.807) is 0 Å². The van der Waals surface area contributed by atoms with Gasteiger partial charge in [0.25, 0.3) is 0 Å². The Morgan fingerprint density at radius 2 is 1.77 bits per heavy atom. The largest absolute Gasteiger partial charge is 0.488 e. The lowest BCUT2D eigenvalue weighted by atomic mass is 9.92. The van der Waals surface area contributed by atoms with Gasteiger partial charge in [0.2, 0.25) is 0 Å². The van der Waals surface area contributed by atoms with Gasteiger partial charge in [-0.05, 0) is 114 Å². The van der Waals surface area contributed by atoms with Crippen molar-refractivity contribution in [3.63, 3.8) is 0 Å². The van der Waals surface area contributed by atoms with Crippen molar-refractivity contribution in [2.75, 3.05) is 0 Å². The van der Waals surface area contributed by atoms with Gasteiger partial charge in [-0.1, -0.05) is 18.2 Å². The summed E-state index contributed by atoms with van der Waals surface area (Å²) in [6.45, 7) is 10.6. The molecule has 3 aliphatic heterocycles. The summed E-state index contributed by atoms with van der Waals surface area (Å²) in [6.07, 6.45) is 6.07. The van der Waals surface area contributed by atoms with E-state index < -0.39 is 5.60 Å². The quantitative estimate of drug-likeness (QED) is 0.180. The summed E-state index contributed by atoms with van der Waals surface area (Å²) in [5.41, 5.74) is 8.27. The van der Waals surface area contributed by atoms with Crippen LogP contribution in [0.3, 0.4) is 0 Å². The van der Waals surface area contributed by atoms with Gasteiger partial charge < -0.3 is 24.8 Å². The molecule has 4 aliphatic rings. The molecule has 0 radical (unpaired) electrons. The van der Waals surface area contributed by atoms with Crippen LogP contribution in [0.2, 0.25) is 0 Å². The van der Waals surface area contributed by atoms with Crippen LogP contribution in [0.15, 0.2) is 42.5 Å². The van der Waals surface area contributed by atoms with Crippen LogP contribution in [0.25, 0.3) is 44.2 Å². The third-order valence-electron chi connectivity index (χ3n) is 10.7. The highest BCUT2D eigenvalue weighted by Crippen LogP contribution is 2.47. The number of amides is 1. The molecular weight excluding hydrogens is 600 g/mol. The van der Waals surface area contributed by atoms with Gasteiger partial charge in [-0.15, -0.1) is 0 Å². The first kappa shape index (κ1) is 29.7. The van der Waals surface area contributed by atoms with Crippen LogP contribution in [0.5, 0.6) is 5.75 Å². The maximum atomic E-state index is 13.3. The molecular formula is C39H44N6O3. The molecule has 1 amide bonds. The Morgan fingerprint density at radius 1 is 0.917 bits per heavy atom. The Kier molecular flexibility index (Phi) is 6.71. The van der Waals surface area contributed by atoms with E-state index in [9.17, 15) is 4.79 Å². The fourth-order valence-corrected chi connectivity index (χ4v) is 8.09. The molecule has 9 nitrogen and oxygen atoms in total. The van der Waals surface area contributed by atoms with E-state index in [2.05, 4.69) is 71.6 Å². The first-order chi connectivity index (χ1) is 23.1. The zero-order valence-electron chi connectivity index (χ0n) is 28.4. The van der Waals surface area contributed by atoms with E-state index in [-0.39, 0.29) is 24.2 Å². The summed E-state index contributed by atoms with van der Waals surface area (Å²) in [5, 5.41) is 5.96. The maximum Gasteiger partial charge on any atom is 0.411 e. The molecule has 3 aromatic carbocycles. The highest BCUT2D eigenvalue weighted by Gasteiger charge is 2.41. The number of imidazole rings is 2. The summed E-state index contributed by atoms with van der Waals surface area (Å²) in [6, 6.07) is 16.2. The zero-order chi connectivity index (χ0) is 32.9. The number of rotatable bonds is 4. The number of H-pyrrole nitrogens is 2. The van der Waals surface area contributed by atoms with Crippen molar-refractivity contribution in [3.05, 3.63) is 65.4 Å². The van der Waals surface area contributed by atoms with Gasteiger partial charge in [-0.3, -0.25) is 4.90 Å². The summed E-state index contributed by atoms with van der Waals surface area (Å²) in [7, 11) is 0. The Hall–Kier alpha value is -4.37. The molecule has 48 heavy (non-hydrogen) atoms. The third-order valence-corrected chi connectivity index (χ3v) is 10.7. The minimum atomic E-state index is -0.548. The van der Waals surface area contributed by atoms with Crippen LogP contribution in [0.4, 0.5) is 4.79 Å². The second-order valence-corrected chi connectivity index (χ2v) is 15.5. The molecule has 5 heterocycles. The second kappa shape index (κ2) is 10.8. The number of ether oxygens (including phenoxy) is 2. The van der Waals surface area contributed by atoms with Crippen LogP contribution in [0.1, 0.15) is 114 Å². The fourth-order valence-electron chi connectivity index (χ4n) is 8.09. The lowest BCUT2D eigenvalue weighted by molar-refractivity contribution is 0.0151. The van der Waals surface area contributed by atoms with Crippen molar-refractivity contribution in [2.45, 2.75) is 115 Å². The molecule has 1 saturated carbocycles. The number of benzene rings is 3. The predicted molar refractivity (Wildman–Crippen MR) is 187 cm³/mol. The average molecular weight is 645 g/mol. The van der Waals surface area contributed by atoms with E-state index in [1.807, 2.05) is 25.7 Å². The molecule has 3 fully saturated rings. The van der Waals surface area contributed by atoms with Crippen LogP contribution in [0, 0.1) is 0 Å². The average Bonchev–Trinajstić information content (AvgIpc) is 3.37. The van der Waals surface area contributed by atoms with Crippen LogP contribution in [-0.4, -0.2) is 48.6 Å². The Labute approximate surface area is 280 Å². The van der Waals surface area contributed by atoms with Crippen molar-refractivity contribution < 1.29 is 14.3 Å². The topological polar surface area (TPSA) is 108 Å². The van der Waals surface area contributed by atoms with Gasteiger partial charge in [0.15, 0.2) is 0 Å². The molecule has 9 rings (SSSR count). The van der Waals surface area contributed by atoms with Crippen LogP contribution >= 0.6 is 0 Å². The lowest BCUT2D eigenvalue weighted by Crippen LogP contribution is -2.40. The van der Waals surface area contributed by atoms with E-state index in [1.165, 1.54) is 17.4 Å². The number of aromatic amines is 2. The number of carbonyl (C=O) groups is 1. The molecule has 5 aromatic rings. The van der Waals surface area contributed by atoms with E-state index >= 15 is 0 Å². The van der Waals surface area contributed by atoms with Crippen LogP contribution in [-0.2, 0) is 11.3 Å². The Balaban J connectivity index is 1.05. The summed E-state index contributed by atoms with van der Waals surface area (Å²) in [5.74, 6) is 3.23. The molecule has 0 unspecified atom stereocenters. The normalized spacial score (nSPS) is 23.8. The Morgan fingerprint density at radius 3 is 2.54 bits per heavy atom. The van der Waals surface area contributed by atoms with Gasteiger partial charge in [-0.25, -0.2) is 14.8 Å². The number of fused-ring (bicyclic) bond motifs is 6. The highest BCUT2D eigenvalue weighted by molar-refractivity contribution is 6.07. The van der Waals surface area contributed by atoms with Gasteiger partial charge >= 0.3 is 6.09 Å². The molecule has 3 N–H and O–H groups in total. The number of nitrogens with one attached hydrogen (secondary N) is 3. The standard InChI is InChI=1S/C39H44N6O3/c1-20-6-13-30(40-20)36-41-29-14-11-23-17-28-26-12-10-24(16-25(26)19-47-32(28)18-27(23)35(29)44-36)34-33(22-8-9-22)42-37(43-34)31-15-7-21(2)45(31)38(46)48-39(3,4)5/h10-12,14,16-18,20-22,30-31,40H,6-9,13,15,19H2,1-5H3,(H,41,44)(H,42,43)/t20-,21-,30-,31-/m0/s1. The molecule has 0 spiro atoms. The monoisotopic (exact) mass is 644 g/mol. The van der Waals surface area contributed by atoms with Crippen LogP contribution < -0.4 is 10.1 Å². The van der Waals surface area contributed by atoms with E-state index in [0.29, 0.717) is 18.6 Å². The highest BCUT2D eigenvalue weighted by atomic mass is 16.6. The first-order valence-electron chi connectivity index (χ1n) is 17.7. The number of carbonyl (C=O) groups excluding carboxylic acids is 1. The summed E-state index contributed by atoms with van der Waals surface area (Å²) < 4.78 is 12.3. The molecule has 9 heteroatoms. The fraction of sp³-hybridized carbons (Fsp3) is 0.462.